The Bertz CT molecular complexity index is 854. The predicted molar refractivity (Wildman–Crippen MR) is 94.4 cm³/mol. The van der Waals surface area contributed by atoms with Gasteiger partial charge in [0.15, 0.2) is 0 Å². The summed E-state index contributed by atoms with van der Waals surface area (Å²) in [6, 6.07) is 12.7. The smallest absolute Gasteiger partial charge is 0.417 e. The molecule has 3 nitrogen and oxygen atoms in total. The maximum atomic E-state index is 13.3. The number of hydrogen-bond acceptors (Lipinski definition) is 2. The molecule has 3 rings (SSSR count). The van der Waals surface area contributed by atoms with Gasteiger partial charge >= 0.3 is 6.18 Å². The molecule has 0 saturated heterocycles. The van der Waals surface area contributed by atoms with Gasteiger partial charge in [0.1, 0.15) is 11.6 Å². The first-order valence-corrected chi connectivity index (χ1v) is 8.44. The van der Waals surface area contributed by atoms with E-state index in [1.165, 1.54) is 18.3 Å². The highest BCUT2D eigenvalue weighted by molar-refractivity contribution is 5.64. The lowest BCUT2D eigenvalue weighted by atomic mass is 10.1. The maximum absolute atomic E-state index is 13.3. The Balaban J connectivity index is 1.93. The van der Waals surface area contributed by atoms with Gasteiger partial charge in [0.25, 0.3) is 0 Å². The molecule has 3 aromatic rings. The highest BCUT2D eigenvalue weighted by Crippen LogP contribution is 2.37. The number of imidazole rings is 1. The number of alkyl halides is 3. The third kappa shape index (κ3) is 3.90. The van der Waals surface area contributed by atoms with Crippen molar-refractivity contribution >= 4 is 0 Å². The topological polar surface area (TPSA) is 27.1 Å². The summed E-state index contributed by atoms with van der Waals surface area (Å²) in [5, 5.41) is 0. The first-order chi connectivity index (χ1) is 12.5. The average Bonchev–Trinajstić information content (AvgIpc) is 3.11. The van der Waals surface area contributed by atoms with Gasteiger partial charge < -0.3 is 4.74 Å². The van der Waals surface area contributed by atoms with E-state index in [1.807, 2.05) is 24.3 Å². The second-order valence-electron chi connectivity index (χ2n) is 5.86. The zero-order valence-electron chi connectivity index (χ0n) is 14.3. The van der Waals surface area contributed by atoms with E-state index in [4.69, 9.17) is 4.74 Å². The van der Waals surface area contributed by atoms with Crippen LogP contribution in [0.2, 0.25) is 0 Å². The molecule has 0 aliphatic carbocycles. The molecule has 0 aliphatic rings. The Morgan fingerprint density at radius 1 is 1.04 bits per heavy atom. The number of hydrogen-bond donors (Lipinski definition) is 0. The molecule has 0 atom stereocenters. The number of halogens is 3. The van der Waals surface area contributed by atoms with Crippen LogP contribution in [0.4, 0.5) is 13.2 Å². The Kier molecular flexibility index (Phi) is 5.30. The molecule has 0 amide bonds. The lowest BCUT2D eigenvalue weighted by Crippen LogP contribution is -2.08. The molecule has 0 N–H and O–H groups in total. The van der Waals surface area contributed by atoms with Crippen LogP contribution >= 0.6 is 0 Å². The van der Waals surface area contributed by atoms with Gasteiger partial charge in [-0.25, -0.2) is 4.98 Å². The standard InChI is InChI=1S/C20H19F3N2O/c1-2-3-14-26-16-10-8-15(9-11-16)25-13-12-24-19(25)17-6-4-5-7-18(17)20(21,22)23/h4-13H,2-3,14H2,1H3. The average molecular weight is 360 g/mol. The van der Waals surface area contributed by atoms with Crippen molar-refractivity contribution in [1.29, 1.82) is 0 Å². The van der Waals surface area contributed by atoms with E-state index in [-0.39, 0.29) is 11.4 Å². The molecule has 0 unspecified atom stereocenters. The highest BCUT2D eigenvalue weighted by atomic mass is 19.4. The molecule has 136 valence electrons. The van der Waals surface area contributed by atoms with Gasteiger partial charge in [-0.2, -0.15) is 13.2 Å². The first-order valence-electron chi connectivity index (χ1n) is 8.44. The van der Waals surface area contributed by atoms with E-state index < -0.39 is 11.7 Å². The summed E-state index contributed by atoms with van der Waals surface area (Å²) in [7, 11) is 0. The molecule has 0 aliphatic heterocycles. The van der Waals surface area contributed by atoms with Crippen LogP contribution in [-0.4, -0.2) is 16.2 Å². The fourth-order valence-corrected chi connectivity index (χ4v) is 2.67. The van der Waals surface area contributed by atoms with Gasteiger partial charge in [-0.3, -0.25) is 4.57 Å². The summed E-state index contributed by atoms with van der Waals surface area (Å²) in [6.07, 6.45) is 0.727. The summed E-state index contributed by atoms with van der Waals surface area (Å²) < 4.78 is 47.2. The van der Waals surface area contributed by atoms with Crippen molar-refractivity contribution in [3.05, 3.63) is 66.5 Å². The molecular weight excluding hydrogens is 341 g/mol. The Morgan fingerprint density at radius 3 is 2.46 bits per heavy atom. The summed E-state index contributed by atoms with van der Waals surface area (Å²) in [5.41, 5.74) is 0.0672. The fraction of sp³-hybridized carbons (Fsp3) is 0.250. The normalized spacial score (nSPS) is 11.5. The van der Waals surface area contributed by atoms with E-state index in [0.717, 1.165) is 30.3 Å². The van der Waals surface area contributed by atoms with Gasteiger partial charge in [-0.15, -0.1) is 0 Å². The first kappa shape index (κ1) is 18.0. The Labute approximate surface area is 150 Å². The van der Waals surface area contributed by atoms with Crippen LogP contribution in [0.15, 0.2) is 60.9 Å². The van der Waals surface area contributed by atoms with Crippen molar-refractivity contribution in [3.63, 3.8) is 0 Å². The SMILES string of the molecule is CCCCOc1ccc(-n2ccnc2-c2ccccc2C(F)(F)F)cc1. The minimum absolute atomic E-state index is 0.0493. The molecule has 0 spiro atoms. The van der Waals surface area contributed by atoms with E-state index >= 15 is 0 Å². The zero-order chi connectivity index (χ0) is 18.6. The number of ether oxygens (including phenoxy) is 1. The second-order valence-corrected chi connectivity index (χ2v) is 5.86. The molecule has 26 heavy (non-hydrogen) atoms. The van der Waals surface area contributed by atoms with E-state index in [9.17, 15) is 13.2 Å². The number of nitrogens with zero attached hydrogens (tertiary/aromatic N) is 2. The molecule has 1 aromatic heterocycles. The minimum atomic E-state index is -4.44. The fourth-order valence-electron chi connectivity index (χ4n) is 2.67. The minimum Gasteiger partial charge on any atom is -0.494 e. The van der Waals surface area contributed by atoms with Crippen LogP contribution in [0.3, 0.4) is 0 Å². The molecule has 0 radical (unpaired) electrons. The van der Waals surface area contributed by atoms with Gasteiger partial charge in [-0.1, -0.05) is 31.5 Å². The summed E-state index contributed by atoms with van der Waals surface area (Å²) >= 11 is 0. The van der Waals surface area contributed by atoms with Crippen LogP contribution in [0.5, 0.6) is 5.75 Å². The third-order valence-electron chi connectivity index (χ3n) is 4.00. The summed E-state index contributed by atoms with van der Waals surface area (Å²) in [4.78, 5) is 4.15. The number of unbranched alkanes of at least 4 members (excludes halogenated alkanes) is 1. The van der Waals surface area contributed by atoms with E-state index in [0.29, 0.717) is 6.61 Å². The lowest BCUT2D eigenvalue weighted by molar-refractivity contribution is -0.137. The Hall–Kier alpha value is -2.76. The number of aromatic nitrogens is 2. The molecule has 0 saturated carbocycles. The van der Waals surface area contributed by atoms with Crippen LogP contribution in [0.25, 0.3) is 17.1 Å². The van der Waals surface area contributed by atoms with Crippen molar-refractivity contribution in [2.24, 2.45) is 0 Å². The molecule has 1 heterocycles. The number of benzene rings is 2. The molecule has 2 aromatic carbocycles. The van der Waals surface area contributed by atoms with Crippen molar-refractivity contribution in [2.75, 3.05) is 6.61 Å². The monoisotopic (exact) mass is 360 g/mol. The van der Waals surface area contributed by atoms with Crippen LogP contribution < -0.4 is 4.74 Å². The second kappa shape index (κ2) is 7.64. The predicted octanol–water partition coefficient (Wildman–Crippen LogP) is 5.74. The van der Waals surface area contributed by atoms with Crippen LogP contribution in [0.1, 0.15) is 25.3 Å². The molecule has 0 fully saturated rings. The van der Waals surface area contributed by atoms with Crippen LogP contribution in [-0.2, 0) is 6.18 Å². The van der Waals surface area contributed by atoms with Crippen LogP contribution in [0, 0.1) is 0 Å². The molecule has 0 bridgehead atoms. The van der Waals surface area contributed by atoms with Crippen molar-refractivity contribution in [2.45, 2.75) is 25.9 Å². The third-order valence-corrected chi connectivity index (χ3v) is 4.00. The van der Waals surface area contributed by atoms with Gasteiger partial charge in [0.05, 0.1) is 12.2 Å². The highest BCUT2D eigenvalue weighted by Gasteiger charge is 2.34. The van der Waals surface area contributed by atoms with Gasteiger partial charge in [-0.05, 0) is 36.8 Å². The van der Waals surface area contributed by atoms with E-state index in [1.54, 1.807) is 16.8 Å². The lowest BCUT2D eigenvalue weighted by Gasteiger charge is -2.14. The van der Waals surface area contributed by atoms with Crippen molar-refractivity contribution in [3.8, 4) is 22.8 Å². The number of rotatable bonds is 6. The van der Waals surface area contributed by atoms with E-state index in [2.05, 4.69) is 11.9 Å². The molecular formula is C20H19F3N2O. The molecule has 6 heteroatoms. The van der Waals surface area contributed by atoms with Gasteiger partial charge in [0.2, 0.25) is 0 Å². The largest absolute Gasteiger partial charge is 0.494 e. The summed E-state index contributed by atoms with van der Waals surface area (Å²) in [5.74, 6) is 0.983. The zero-order valence-corrected chi connectivity index (χ0v) is 14.3. The summed E-state index contributed by atoms with van der Waals surface area (Å²) in [6.45, 7) is 2.73. The van der Waals surface area contributed by atoms with Crippen molar-refractivity contribution in [1.82, 2.24) is 9.55 Å². The Morgan fingerprint density at radius 2 is 1.77 bits per heavy atom. The van der Waals surface area contributed by atoms with Gasteiger partial charge in [0, 0.05) is 23.6 Å². The quantitative estimate of drug-likeness (QED) is 0.524. The van der Waals surface area contributed by atoms with Crippen molar-refractivity contribution < 1.29 is 17.9 Å². The maximum Gasteiger partial charge on any atom is 0.417 e.